The van der Waals surface area contributed by atoms with Gasteiger partial charge in [0.2, 0.25) is 5.91 Å². The van der Waals surface area contributed by atoms with Crippen molar-refractivity contribution < 1.29 is 9.59 Å². The highest BCUT2D eigenvalue weighted by Gasteiger charge is 2.25. The minimum absolute atomic E-state index is 0.0342. The van der Waals surface area contributed by atoms with Gasteiger partial charge in [-0.1, -0.05) is 19.9 Å². The molecule has 1 saturated heterocycles. The monoisotopic (exact) mass is 387 g/mol. The summed E-state index contributed by atoms with van der Waals surface area (Å²) in [6.07, 6.45) is 0. The summed E-state index contributed by atoms with van der Waals surface area (Å²) in [6.45, 7) is 12.2. The van der Waals surface area contributed by atoms with Crippen molar-refractivity contribution in [3.63, 3.8) is 0 Å². The molecular weight excluding hydrogens is 358 g/mol. The number of hydrogen-bond acceptors (Lipinski definition) is 4. The number of amides is 1. The van der Waals surface area contributed by atoms with Crippen LogP contribution < -0.4 is 0 Å². The Morgan fingerprint density at radius 1 is 1.15 bits per heavy atom. The molecule has 5 nitrogen and oxygen atoms in total. The Kier molecular flexibility index (Phi) is 6.17. The SMILES string of the molecule is Cc1cc(C(=O)CN2CCN(C(=O)C(C)C)CC2)c(C)n1Cc1cccs1. The average molecular weight is 388 g/mol. The van der Waals surface area contributed by atoms with E-state index in [1.807, 2.05) is 31.7 Å². The molecule has 0 unspecified atom stereocenters. The van der Waals surface area contributed by atoms with Gasteiger partial charge in [-0.25, -0.2) is 0 Å². The van der Waals surface area contributed by atoms with Crippen molar-refractivity contribution >= 4 is 23.0 Å². The molecule has 0 aromatic carbocycles. The van der Waals surface area contributed by atoms with Gasteiger partial charge in [-0.2, -0.15) is 0 Å². The van der Waals surface area contributed by atoms with Crippen LogP contribution in [0.15, 0.2) is 23.6 Å². The Morgan fingerprint density at radius 3 is 2.44 bits per heavy atom. The Hall–Kier alpha value is -1.92. The maximum Gasteiger partial charge on any atom is 0.225 e. The molecule has 1 aliphatic heterocycles. The number of rotatable bonds is 6. The van der Waals surface area contributed by atoms with Crippen LogP contribution in [-0.2, 0) is 11.3 Å². The van der Waals surface area contributed by atoms with E-state index in [9.17, 15) is 9.59 Å². The summed E-state index contributed by atoms with van der Waals surface area (Å²) >= 11 is 1.74. The van der Waals surface area contributed by atoms with Crippen molar-refractivity contribution in [1.29, 1.82) is 0 Å². The molecular formula is C21H29N3O2S. The molecule has 0 spiro atoms. The fourth-order valence-corrected chi connectivity index (χ4v) is 4.36. The Labute approximate surface area is 165 Å². The summed E-state index contributed by atoms with van der Waals surface area (Å²) in [7, 11) is 0. The van der Waals surface area contributed by atoms with E-state index in [1.54, 1.807) is 11.3 Å². The lowest BCUT2D eigenvalue weighted by Gasteiger charge is -2.35. The molecule has 0 N–H and O–H groups in total. The van der Waals surface area contributed by atoms with Crippen molar-refractivity contribution in [2.75, 3.05) is 32.7 Å². The highest BCUT2D eigenvalue weighted by Crippen LogP contribution is 2.20. The minimum Gasteiger partial charge on any atom is -0.343 e. The van der Waals surface area contributed by atoms with Crippen LogP contribution in [0.1, 0.15) is 40.5 Å². The normalized spacial score (nSPS) is 15.5. The number of aromatic nitrogens is 1. The van der Waals surface area contributed by atoms with Crippen LogP contribution in [0.4, 0.5) is 0 Å². The van der Waals surface area contributed by atoms with Crippen molar-refractivity contribution in [2.24, 2.45) is 5.92 Å². The molecule has 0 saturated carbocycles. The number of carbonyl (C=O) groups excluding carboxylic acids is 2. The quantitative estimate of drug-likeness (QED) is 0.715. The zero-order valence-corrected chi connectivity index (χ0v) is 17.5. The lowest BCUT2D eigenvalue weighted by Crippen LogP contribution is -2.50. The van der Waals surface area contributed by atoms with Crippen molar-refractivity contribution in [1.82, 2.24) is 14.4 Å². The van der Waals surface area contributed by atoms with Crippen molar-refractivity contribution in [2.45, 2.75) is 34.2 Å². The largest absolute Gasteiger partial charge is 0.343 e. The second kappa shape index (κ2) is 8.40. The van der Waals surface area contributed by atoms with Crippen molar-refractivity contribution in [3.8, 4) is 0 Å². The lowest BCUT2D eigenvalue weighted by atomic mass is 10.1. The number of hydrogen-bond donors (Lipinski definition) is 0. The maximum absolute atomic E-state index is 12.9. The molecule has 2 aromatic heterocycles. The second-order valence-electron chi connectivity index (χ2n) is 7.63. The smallest absolute Gasteiger partial charge is 0.225 e. The summed E-state index contributed by atoms with van der Waals surface area (Å²) in [5.74, 6) is 0.411. The lowest BCUT2D eigenvalue weighted by molar-refractivity contribution is -0.136. The van der Waals surface area contributed by atoms with E-state index >= 15 is 0 Å². The standard InChI is InChI=1S/C21H29N3O2S/c1-15(2)21(26)23-9-7-22(8-10-23)14-20(25)19-12-16(3)24(17(19)4)13-18-6-5-11-27-18/h5-6,11-12,15H,7-10,13-14H2,1-4H3. The van der Waals surface area contributed by atoms with Gasteiger partial charge in [-0.05, 0) is 31.4 Å². The first-order chi connectivity index (χ1) is 12.9. The molecule has 27 heavy (non-hydrogen) atoms. The zero-order chi connectivity index (χ0) is 19.6. The summed E-state index contributed by atoms with van der Waals surface area (Å²) in [5.41, 5.74) is 2.99. The first-order valence-electron chi connectivity index (χ1n) is 9.60. The van der Waals surface area contributed by atoms with Gasteiger partial charge in [0.15, 0.2) is 5.78 Å². The summed E-state index contributed by atoms with van der Waals surface area (Å²) in [5, 5.41) is 2.08. The van der Waals surface area contributed by atoms with Gasteiger partial charge in [0.1, 0.15) is 0 Å². The van der Waals surface area contributed by atoms with E-state index in [1.165, 1.54) is 4.88 Å². The van der Waals surface area contributed by atoms with E-state index in [0.717, 1.165) is 36.6 Å². The highest BCUT2D eigenvalue weighted by atomic mass is 32.1. The van der Waals surface area contributed by atoms with Crippen molar-refractivity contribution in [3.05, 3.63) is 45.4 Å². The van der Waals surface area contributed by atoms with Gasteiger partial charge >= 0.3 is 0 Å². The number of nitrogens with zero attached hydrogens (tertiary/aromatic N) is 3. The topological polar surface area (TPSA) is 45.6 Å². The number of aryl methyl sites for hydroxylation is 1. The third-order valence-electron chi connectivity index (χ3n) is 5.31. The molecule has 2 aromatic rings. The van der Waals surface area contributed by atoms with Gasteiger partial charge < -0.3 is 9.47 Å². The van der Waals surface area contributed by atoms with Crippen LogP contribution in [-0.4, -0.2) is 58.8 Å². The molecule has 3 rings (SSSR count). The molecule has 6 heteroatoms. The minimum atomic E-state index is 0.0342. The van der Waals surface area contributed by atoms with Gasteiger partial charge in [0.25, 0.3) is 0 Å². The maximum atomic E-state index is 12.9. The molecule has 1 amide bonds. The number of thiophene rings is 1. The fourth-order valence-electron chi connectivity index (χ4n) is 3.66. The predicted molar refractivity (Wildman–Crippen MR) is 110 cm³/mol. The first-order valence-corrected chi connectivity index (χ1v) is 10.5. The molecule has 146 valence electrons. The Morgan fingerprint density at radius 2 is 1.85 bits per heavy atom. The first kappa shape index (κ1) is 19.8. The second-order valence-corrected chi connectivity index (χ2v) is 8.66. The Bertz CT molecular complexity index is 800. The van der Waals surface area contributed by atoms with E-state index in [-0.39, 0.29) is 17.6 Å². The average Bonchev–Trinajstić information content (AvgIpc) is 3.25. The van der Waals surface area contributed by atoms with Crippen LogP contribution >= 0.6 is 11.3 Å². The van der Waals surface area contributed by atoms with Crippen LogP contribution in [0.3, 0.4) is 0 Å². The molecule has 0 atom stereocenters. The van der Waals surface area contributed by atoms with Crippen LogP contribution in [0.5, 0.6) is 0 Å². The summed E-state index contributed by atoms with van der Waals surface area (Å²) in [6, 6.07) is 6.21. The van der Waals surface area contributed by atoms with E-state index in [2.05, 4.69) is 33.9 Å². The number of piperazine rings is 1. The van der Waals surface area contributed by atoms with E-state index in [0.29, 0.717) is 19.6 Å². The van der Waals surface area contributed by atoms with Gasteiger partial charge in [0, 0.05) is 53.9 Å². The fraction of sp³-hybridized carbons (Fsp3) is 0.524. The molecule has 0 aliphatic carbocycles. The molecule has 3 heterocycles. The molecule has 1 aliphatic rings. The third kappa shape index (κ3) is 4.50. The number of carbonyl (C=O) groups is 2. The van der Waals surface area contributed by atoms with Crippen LogP contribution in [0.2, 0.25) is 0 Å². The summed E-state index contributed by atoms with van der Waals surface area (Å²) in [4.78, 5) is 30.4. The van der Waals surface area contributed by atoms with Gasteiger partial charge in [-0.15, -0.1) is 11.3 Å². The van der Waals surface area contributed by atoms with E-state index < -0.39 is 0 Å². The predicted octanol–water partition coefficient (Wildman–Crippen LogP) is 3.20. The van der Waals surface area contributed by atoms with Crippen LogP contribution in [0.25, 0.3) is 0 Å². The number of ketones is 1. The molecule has 1 fully saturated rings. The molecule has 0 bridgehead atoms. The van der Waals surface area contributed by atoms with Crippen LogP contribution in [0, 0.1) is 19.8 Å². The zero-order valence-electron chi connectivity index (χ0n) is 16.7. The van der Waals surface area contributed by atoms with E-state index in [4.69, 9.17) is 0 Å². The Balaban J connectivity index is 1.61. The van der Waals surface area contributed by atoms with Gasteiger partial charge in [0.05, 0.1) is 13.1 Å². The highest BCUT2D eigenvalue weighted by molar-refractivity contribution is 7.09. The number of Topliss-reactive ketones (excluding diaryl/α,β-unsaturated/α-hetero) is 1. The van der Waals surface area contributed by atoms with Gasteiger partial charge in [-0.3, -0.25) is 14.5 Å². The third-order valence-corrected chi connectivity index (χ3v) is 6.17. The molecule has 0 radical (unpaired) electrons. The summed E-state index contributed by atoms with van der Waals surface area (Å²) < 4.78 is 2.22.